The molecule has 0 amide bonds. The average molecular weight is 576 g/mol. The predicted octanol–water partition coefficient (Wildman–Crippen LogP) is 3.48. The lowest BCUT2D eigenvalue weighted by Gasteiger charge is -2.26. The standard InChI is InChI=1S/C23H30F2N4O3.HI/c1-26-23(28-17-19-6-2-3-8-21(19)32-22(24)25)27-16-18-5-4-7-20(15-18)31-14-11-29-9-12-30-13-10-29;/h2-8,15,22H,9-14,16-17H2,1H3,(H2,26,27,28);1H. The Kier molecular flexibility index (Phi) is 12.2. The molecule has 182 valence electrons. The lowest BCUT2D eigenvalue weighted by Crippen LogP contribution is -2.38. The summed E-state index contributed by atoms with van der Waals surface area (Å²) in [5.74, 6) is 1.52. The van der Waals surface area contributed by atoms with Gasteiger partial charge in [0.1, 0.15) is 18.1 Å². The first-order valence-electron chi connectivity index (χ1n) is 10.6. The van der Waals surface area contributed by atoms with Gasteiger partial charge in [-0.25, -0.2) is 0 Å². The van der Waals surface area contributed by atoms with Crippen molar-refractivity contribution in [1.29, 1.82) is 0 Å². The van der Waals surface area contributed by atoms with Crippen LogP contribution in [0.15, 0.2) is 53.5 Å². The molecule has 7 nitrogen and oxygen atoms in total. The molecule has 0 aromatic heterocycles. The zero-order chi connectivity index (χ0) is 22.6. The summed E-state index contributed by atoms with van der Waals surface area (Å²) in [7, 11) is 1.65. The van der Waals surface area contributed by atoms with Gasteiger partial charge in [0.15, 0.2) is 5.96 Å². The average Bonchev–Trinajstić information content (AvgIpc) is 2.81. The Labute approximate surface area is 210 Å². The Balaban J connectivity index is 0.00000385. The molecule has 0 spiro atoms. The number of nitrogens with zero attached hydrogens (tertiary/aromatic N) is 2. The van der Waals surface area contributed by atoms with Crippen molar-refractivity contribution in [2.24, 2.45) is 4.99 Å². The molecule has 0 unspecified atom stereocenters. The van der Waals surface area contributed by atoms with Crippen molar-refractivity contribution >= 4 is 29.9 Å². The van der Waals surface area contributed by atoms with Crippen molar-refractivity contribution in [2.75, 3.05) is 46.5 Å². The van der Waals surface area contributed by atoms with E-state index in [9.17, 15) is 8.78 Å². The topological polar surface area (TPSA) is 67.4 Å². The molecule has 10 heteroatoms. The van der Waals surface area contributed by atoms with E-state index in [1.54, 1.807) is 25.2 Å². The number of guanidine groups is 1. The quantitative estimate of drug-likeness (QED) is 0.257. The predicted molar refractivity (Wildman–Crippen MR) is 135 cm³/mol. The smallest absolute Gasteiger partial charge is 0.387 e. The lowest BCUT2D eigenvalue weighted by atomic mass is 10.2. The van der Waals surface area contributed by atoms with Crippen molar-refractivity contribution in [3.8, 4) is 11.5 Å². The molecule has 0 aliphatic carbocycles. The molecule has 1 fully saturated rings. The Morgan fingerprint density at radius 2 is 1.85 bits per heavy atom. The van der Waals surface area contributed by atoms with E-state index in [0.29, 0.717) is 31.2 Å². The molecule has 0 atom stereocenters. The monoisotopic (exact) mass is 576 g/mol. The summed E-state index contributed by atoms with van der Waals surface area (Å²) >= 11 is 0. The van der Waals surface area contributed by atoms with Gasteiger partial charge in [0.2, 0.25) is 0 Å². The van der Waals surface area contributed by atoms with Gasteiger partial charge < -0.3 is 24.8 Å². The molecular weight excluding hydrogens is 545 g/mol. The minimum Gasteiger partial charge on any atom is -0.492 e. The molecule has 2 aromatic carbocycles. The fourth-order valence-electron chi connectivity index (χ4n) is 3.31. The third kappa shape index (κ3) is 9.68. The molecule has 0 saturated carbocycles. The van der Waals surface area contributed by atoms with Crippen LogP contribution in [0.2, 0.25) is 0 Å². The number of aliphatic imine (C=N–C) groups is 1. The third-order valence-corrected chi connectivity index (χ3v) is 5.00. The minimum atomic E-state index is -2.86. The molecule has 0 radical (unpaired) electrons. The molecule has 2 aromatic rings. The largest absolute Gasteiger partial charge is 0.492 e. The van der Waals surface area contributed by atoms with E-state index in [1.807, 2.05) is 24.3 Å². The van der Waals surface area contributed by atoms with Crippen LogP contribution in [-0.2, 0) is 17.8 Å². The second-order valence-electron chi connectivity index (χ2n) is 7.22. The lowest BCUT2D eigenvalue weighted by molar-refractivity contribution is -0.0504. The number of hydrogen-bond donors (Lipinski definition) is 2. The fourth-order valence-corrected chi connectivity index (χ4v) is 3.31. The molecule has 2 N–H and O–H groups in total. The number of hydrogen-bond acceptors (Lipinski definition) is 5. The molecule has 1 aliphatic rings. The van der Waals surface area contributed by atoms with Crippen LogP contribution in [0.1, 0.15) is 11.1 Å². The normalized spacial score (nSPS) is 14.5. The van der Waals surface area contributed by atoms with Crippen LogP contribution in [0.25, 0.3) is 0 Å². The molecule has 33 heavy (non-hydrogen) atoms. The Hall–Kier alpha value is -2.18. The van der Waals surface area contributed by atoms with Crippen LogP contribution in [0.4, 0.5) is 8.78 Å². The van der Waals surface area contributed by atoms with Gasteiger partial charge in [0.25, 0.3) is 0 Å². The van der Waals surface area contributed by atoms with Crippen LogP contribution in [-0.4, -0.2) is 64.0 Å². The number of ether oxygens (including phenoxy) is 3. The van der Waals surface area contributed by atoms with Gasteiger partial charge >= 0.3 is 6.61 Å². The van der Waals surface area contributed by atoms with E-state index < -0.39 is 6.61 Å². The van der Waals surface area contributed by atoms with Crippen LogP contribution >= 0.6 is 24.0 Å². The van der Waals surface area contributed by atoms with Crippen LogP contribution in [0, 0.1) is 0 Å². The van der Waals surface area contributed by atoms with Crippen molar-refractivity contribution in [3.63, 3.8) is 0 Å². The molecular formula is C23H31F2IN4O3. The van der Waals surface area contributed by atoms with Gasteiger partial charge in [-0.2, -0.15) is 8.78 Å². The summed E-state index contributed by atoms with van der Waals surface area (Å²) in [5, 5.41) is 6.35. The van der Waals surface area contributed by atoms with Crippen LogP contribution in [0.5, 0.6) is 11.5 Å². The van der Waals surface area contributed by atoms with Gasteiger partial charge in [0, 0.05) is 45.3 Å². The summed E-state index contributed by atoms with van der Waals surface area (Å²) in [6, 6.07) is 14.6. The third-order valence-electron chi connectivity index (χ3n) is 5.00. The van der Waals surface area contributed by atoms with Crippen molar-refractivity contribution < 1.29 is 23.0 Å². The van der Waals surface area contributed by atoms with E-state index >= 15 is 0 Å². The van der Waals surface area contributed by atoms with Gasteiger partial charge in [0.05, 0.1) is 13.2 Å². The highest BCUT2D eigenvalue weighted by Crippen LogP contribution is 2.20. The van der Waals surface area contributed by atoms with Gasteiger partial charge in [-0.15, -0.1) is 24.0 Å². The molecule has 0 bridgehead atoms. The first kappa shape index (κ1) is 27.1. The minimum absolute atomic E-state index is 0. The number of morpholine rings is 1. The highest BCUT2D eigenvalue weighted by Gasteiger charge is 2.11. The second-order valence-corrected chi connectivity index (χ2v) is 7.22. The van der Waals surface area contributed by atoms with Gasteiger partial charge in [-0.3, -0.25) is 9.89 Å². The van der Waals surface area contributed by atoms with Crippen molar-refractivity contribution in [2.45, 2.75) is 19.7 Å². The van der Waals surface area contributed by atoms with E-state index in [-0.39, 0.29) is 29.7 Å². The van der Waals surface area contributed by atoms with Crippen LogP contribution in [0.3, 0.4) is 0 Å². The first-order chi connectivity index (χ1) is 15.6. The number of nitrogens with one attached hydrogen (secondary N) is 2. The number of alkyl halides is 2. The SMILES string of the molecule is CN=C(NCc1cccc(OCCN2CCOCC2)c1)NCc1ccccc1OC(F)F.I. The fraction of sp³-hybridized carbons (Fsp3) is 0.435. The van der Waals surface area contributed by atoms with E-state index in [4.69, 9.17) is 9.47 Å². The Morgan fingerprint density at radius 1 is 1.09 bits per heavy atom. The second kappa shape index (κ2) is 14.9. The highest BCUT2D eigenvalue weighted by molar-refractivity contribution is 14.0. The van der Waals surface area contributed by atoms with Gasteiger partial charge in [-0.05, 0) is 23.8 Å². The maximum atomic E-state index is 12.6. The van der Waals surface area contributed by atoms with Crippen molar-refractivity contribution in [1.82, 2.24) is 15.5 Å². The number of halogens is 3. The van der Waals surface area contributed by atoms with E-state index in [2.05, 4.69) is 25.3 Å². The summed E-state index contributed by atoms with van der Waals surface area (Å²) < 4.78 is 41.0. The summed E-state index contributed by atoms with van der Waals surface area (Å²) in [6.07, 6.45) is 0. The summed E-state index contributed by atoms with van der Waals surface area (Å²) in [4.78, 5) is 6.52. The molecule has 1 saturated heterocycles. The van der Waals surface area contributed by atoms with Crippen molar-refractivity contribution in [3.05, 3.63) is 59.7 Å². The van der Waals surface area contributed by atoms with Gasteiger partial charge in [-0.1, -0.05) is 30.3 Å². The summed E-state index contributed by atoms with van der Waals surface area (Å²) in [5.41, 5.74) is 1.66. The Bertz CT molecular complexity index is 867. The van der Waals surface area contributed by atoms with E-state index in [0.717, 1.165) is 44.2 Å². The number of benzene rings is 2. The highest BCUT2D eigenvalue weighted by atomic mass is 127. The Morgan fingerprint density at radius 3 is 2.61 bits per heavy atom. The summed E-state index contributed by atoms with van der Waals surface area (Å²) in [6.45, 7) is 2.91. The molecule has 1 aliphatic heterocycles. The number of rotatable bonds is 10. The van der Waals surface area contributed by atoms with Crippen LogP contribution < -0.4 is 20.1 Å². The zero-order valence-corrected chi connectivity index (χ0v) is 21.0. The van der Waals surface area contributed by atoms with E-state index in [1.165, 1.54) is 6.07 Å². The molecule has 1 heterocycles. The maximum absolute atomic E-state index is 12.6. The number of para-hydroxylation sites is 1. The first-order valence-corrected chi connectivity index (χ1v) is 10.6. The zero-order valence-electron chi connectivity index (χ0n) is 18.6. The maximum Gasteiger partial charge on any atom is 0.387 e. The molecule has 3 rings (SSSR count).